The Morgan fingerprint density at radius 3 is 2.00 bits per heavy atom. The maximum absolute atomic E-state index is 4.46. The highest BCUT2D eigenvalue weighted by atomic mass is 32.1. The van der Waals surface area contributed by atoms with Crippen molar-refractivity contribution in [3.63, 3.8) is 0 Å². The summed E-state index contributed by atoms with van der Waals surface area (Å²) < 4.78 is 0. The molecule has 0 bridgehead atoms. The molecule has 0 spiro atoms. The van der Waals surface area contributed by atoms with Gasteiger partial charge in [0.25, 0.3) is 0 Å². The van der Waals surface area contributed by atoms with Crippen LogP contribution in [0.1, 0.15) is 9.75 Å². The quantitative estimate of drug-likeness (QED) is 0.405. The summed E-state index contributed by atoms with van der Waals surface area (Å²) in [6.07, 6.45) is 1.89. The lowest BCUT2D eigenvalue weighted by Crippen LogP contribution is -1.71. The Labute approximate surface area is 133 Å². The second-order valence-corrected chi connectivity index (χ2v) is 6.08. The van der Waals surface area contributed by atoms with E-state index in [2.05, 4.69) is 34.3 Å². The standard InChI is InChI=1S/C18H15N3S/c1-14-7-12-18(22-14)13-19-15-8-10-17(11-9-15)21-20-16-5-3-2-4-6-16/h2-13H,1H3. The van der Waals surface area contributed by atoms with E-state index in [1.54, 1.807) is 11.3 Å². The predicted octanol–water partition coefficient (Wildman–Crippen LogP) is 6.22. The van der Waals surface area contributed by atoms with Crippen molar-refractivity contribution in [3.05, 3.63) is 76.5 Å². The van der Waals surface area contributed by atoms with Crippen LogP contribution >= 0.6 is 11.3 Å². The molecule has 3 rings (SSSR count). The molecule has 3 aromatic rings. The predicted molar refractivity (Wildman–Crippen MR) is 93.4 cm³/mol. The highest BCUT2D eigenvalue weighted by molar-refractivity contribution is 7.13. The van der Waals surface area contributed by atoms with Gasteiger partial charge in [-0.3, -0.25) is 4.99 Å². The van der Waals surface area contributed by atoms with Gasteiger partial charge in [-0.15, -0.1) is 11.3 Å². The fourth-order valence-electron chi connectivity index (χ4n) is 1.88. The van der Waals surface area contributed by atoms with E-state index in [1.165, 1.54) is 4.88 Å². The lowest BCUT2D eigenvalue weighted by molar-refractivity contribution is 1.23. The van der Waals surface area contributed by atoms with Crippen molar-refractivity contribution in [2.24, 2.45) is 15.2 Å². The van der Waals surface area contributed by atoms with Crippen molar-refractivity contribution in [3.8, 4) is 0 Å². The number of aryl methyl sites for hydroxylation is 1. The Morgan fingerprint density at radius 2 is 1.36 bits per heavy atom. The fourth-order valence-corrected chi connectivity index (χ4v) is 2.63. The van der Waals surface area contributed by atoms with Crippen molar-refractivity contribution in [1.29, 1.82) is 0 Å². The topological polar surface area (TPSA) is 37.1 Å². The zero-order valence-electron chi connectivity index (χ0n) is 12.2. The van der Waals surface area contributed by atoms with Gasteiger partial charge in [0.05, 0.1) is 17.1 Å². The van der Waals surface area contributed by atoms with Crippen molar-refractivity contribution in [2.45, 2.75) is 6.92 Å². The summed E-state index contributed by atoms with van der Waals surface area (Å²) in [5.74, 6) is 0. The number of nitrogens with zero attached hydrogens (tertiary/aromatic N) is 3. The van der Waals surface area contributed by atoms with Crippen LogP contribution < -0.4 is 0 Å². The molecule has 0 aliphatic carbocycles. The molecule has 108 valence electrons. The Kier molecular flexibility index (Phi) is 4.51. The first-order chi connectivity index (χ1) is 10.8. The van der Waals surface area contributed by atoms with Gasteiger partial charge in [-0.05, 0) is 55.5 Å². The number of aliphatic imine (C=N–C) groups is 1. The van der Waals surface area contributed by atoms with Gasteiger partial charge in [0.15, 0.2) is 0 Å². The molecule has 0 amide bonds. The van der Waals surface area contributed by atoms with Gasteiger partial charge in [0, 0.05) is 16.0 Å². The molecule has 0 N–H and O–H groups in total. The van der Waals surface area contributed by atoms with E-state index in [4.69, 9.17) is 0 Å². The van der Waals surface area contributed by atoms with Crippen molar-refractivity contribution < 1.29 is 0 Å². The summed E-state index contributed by atoms with van der Waals surface area (Å²) in [5, 5.41) is 8.41. The highest BCUT2D eigenvalue weighted by Crippen LogP contribution is 2.22. The molecule has 0 unspecified atom stereocenters. The Morgan fingerprint density at radius 1 is 0.727 bits per heavy atom. The highest BCUT2D eigenvalue weighted by Gasteiger charge is 1.94. The number of hydrogen-bond acceptors (Lipinski definition) is 4. The molecule has 0 atom stereocenters. The number of rotatable bonds is 4. The third-order valence-corrected chi connectivity index (χ3v) is 3.92. The molecule has 0 fully saturated rings. The van der Waals surface area contributed by atoms with Crippen LogP contribution in [0.25, 0.3) is 0 Å². The molecule has 0 saturated heterocycles. The van der Waals surface area contributed by atoms with Gasteiger partial charge in [-0.25, -0.2) is 0 Å². The second kappa shape index (κ2) is 6.91. The molecule has 22 heavy (non-hydrogen) atoms. The van der Waals surface area contributed by atoms with E-state index >= 15 is 0 Å². The van der Waals surface area contributed by atoms with Gasteiger partial charge < -0.3 is 0 Å². The van der Waals surface area contributed by atoms with Gasteiger partial charge >= 0.3 is 0 Å². The van der Waals surface area contributed by atoms with Crippen molar-refractivity contribution in [1.82, 2.24) is 0 Å². The van der Waals surface area contributed by atoms with Crippen molar-refractivity contribution >= 4 is 34.6 Å². The average Bonchev–Trinajstić information content (AvgIpc) is 2.98. The summed E-state index contributed by atoms with van der Waals surface area (Å²) in [5.41, 5.74) is 2.57. The van der Waals surface area contributed by atoms with Gasteiger partial charge in [-0.1, -0.05) is 18.2 Å². The van der Waals surface area contributed by atoms with Crippen LogP contribution in [0.4, 0.5) is 17.1 Å². The number of benzene rings is 2. The largest absolute Gasteiger partial charge is 0.255 e. The van der Waals surface area contributed by atoms with Gasteiger partial charge in [-0.2, -0.15) is 10.2 Å². The molecule has 0 saturated carbocycles. The minimum absolute atomic E-state index is 0.815. The molecule has 4 heteroatoms. The van der Waals surface area contributed by atoms with Crippen LogP contribution in [0.2, 0.25) is 0 Å². The molecule has 1 heterocycles. The molecule has 0 aliphatic heterocycles. The Bertz CT molecular complexity index is 787. The van der Waals surface area contributed by atoms with Gasteiger partial charge in [0.1, 0.15) is 0 Å². The van der Waals surface area contributed by atoms with Crippen LogP contribution in [0, 0.1) is 6.92 Å². The second-order valence-electron chi connectivity index (χ2n) is 4.76. The number of azo groups is 1. The monoisotopic (exact) mass is 305 g/mol. The number of thiophene rings is 1. The maximum atomic E-state index is 4.46. The molecule has 0 radical (unpaired) electrons. The summed E-state index contributed by atoms with van der Waals surface area (Å²) >= 11 is 1.73. The number of hydrogen-bond donors (Lipinski definition) is 0. The lowest BCUT2D eigenvalue weighted by atomic mass is 10.3. The smallest absolute Gasteiger partial charge is 0.0858 e. The Balaban J connectivity index is 1.67. The van der Waals surface area contributed by atoms with E-state index in [0.29, 0.717) is 0 Å². The molecule has 0 aliphatic rings. The van der Waals surface area contributed by atoms with E-state index < -0.39 is 0 Å². The summed E-state index contributed by atoms with van der Waals surface area (Å²) in [7, 11) is 0. The third kappa shape index (κ3) is 3.96. The van der Waals surface area contributed by atoms with Crippen LogP contribution in [0.5, 0.6) is 0 Å². The van der Waals surface area contributed by atoms with Crippen LogP contribution in [0.15, 0.2) is 82.0 Å². The molecule has 3 nitrogen and oxygen atoms in total. The van der Waals surface area contributed by atoms with Gasteiger partial charge in [0.2, 0.25) is 0 Å². The van der Waals surface area contributed by atoms with E-state index in [9.17, 15) is 0 Å². The third-order valence-electron chi connectivity index (χ3n) is 2.99. The lowest BCUT2D eigenvalue weighted by Gasteiger charge is -1.95. The summed E-state index contributed by atoms with van der Waals surface area (Å²) in [6, 6.07) is 21.6. The van der Waals surface area contributed by atoms with Crippen LogP contribution in [-0.2, 0) is 0 Å². The Hall–Kier alpha value is -2.59. The van der Waals surface area contributed by atoms with E-state index in [-0.39, 0.29) is 0 Å². The zero-order chi connectivity index (χ0) is 15.2. The van der Waals surface area contributed by atoms with E-state index in [1.807, 2.05) is 60.8 Å². The minimum Gasteiger partial charge on any atom is -0.255 e. The normalized spacial score (nSPS) is 11.5. The summed E-state index contributed by atoms with van der Waals surface area (Å²) in [6.45, 7) is 2.09. The first-order valence-electron chi connectivity index (χ1n) is 6.97. The SMILES string of the molecule is Cc1ccc(C=Nc2ccc(N=Nc3ccccc3)cc2)s1. The van der Waals surface area contributed by atoms with Crippen LogP contribution in [-0.4, -0.2) is 6.21 Å². The minimum atomic E-state index is 0.815. The average molecular weight is 305 g/mol. The fraction of sp³-hybridized carbons (Fsp3) is 0.0556. The first kappa shape index (κ1) is 14.4. The van der Waals surface area contributed by atoms with Crippen LogP contribution in [0.3, 0.4) is 0 Å². The van der Waals surface area contributed by atoms with E-state index in [0.717, 1.165) is 21.9 Å². The molecular formula is C18H15N3S. The molecule has 1 aromatic heterocycles. The first-order valence-corrected chi connectivity index (χ1v) is 7.79. The zero-order valence-corrected chi connectivity index (χ0v) is 13.0. The summed E-state index contributed by atoms with van der Waals surface area (Å²) in [4.78, 5) is 6.91. The maximum Gasteiger partial charge on any atom is 0.0858 e. The molecule has 2 aromatic carbocycles. The molecular weight excluding hydrogens is 290 g/mol. The van der Waals surface area contributed by atoms with Crippen molar-refractivity contribution in [2.75, 3.05) is 0 Å².